The van der Waals surface area contributed by atoms with Gasteiger partial charge in [0.1, 0.15) is 0 Å². The highest BCUT2D eigenvalue weighted by atomic mass is 16.3. The van der Waals surface area contributed by atoms with E-state index in [1.165, 1.54) is 0 Å². The summed E-state index contributed by atoms with van der Waals surface area (Å²) in [7, 11) is 0. The van der Waals surface area contributed by atoms with Crippen LogP contribution in [0.15, 0.2) is 30.9 Å². The SMILES string of the molecule is C=C/C=C\c1cc(C(C)(C)O)c(N)cc1C. The zero-order chi connectivity index (χ0) is 12.3. The maximum atomic E-state index is 9.99. The van der Waals surface area contributed by atoms with Crippen LogP contribution in [0.1, 0.15) is 30.5 Å². The van der Waals surface area contributed by atoms with Crippen LogP contribution in [0, 0.1) is 6.92 Å². The van der Waals surface area contributed by atoms with Crippen LogP contribution < -0.4 is 5.73 Å². The molecule has 0 unspecified atom stereocenters. The van der Waals surface area contributed by atoms with Gasteiger partial charge in [0.25, 0.3) is 0 Å². The van der Waals surface area contributed by atoms with Crippen molar-refractivity contribution in [3.05, 3.63) is 47.6 Å². The molecule has 2 heteroatoms. The lowest BCUT2D eigenvalue weighted by Crippen LogP contribution is -2.18. The lowest BCUT2D eigenvalue weighted by atomic mass is 9.92. The van der Waals surface area contributed by atoms with Gasteiger partial charge in [-0.15, -0.1) is 0 Å². The summed E-state index contributed by atoms with van der Waals surface area (Å²) >= 11 is 0. The van der Waals surface area contributed by atoms with Gasteiger partial charge in [0.05, 0.1) is 5.60 Å². The number of anilines is 1. The minimum absolute atomic E-state index is 0.626. The summed E-state index contributed by atoms with van der Waals surface area (Å²) in [5, 5.41) is 9.99. The van der Waals surface area contributed by atoms with E-state index in [-0.39, 0.29) is 0 Å². The molecule has 1 rings (SSSR count). The van der Waals surface area contributed by atoms with Crippen molar-refractivity contribution in [2.75, 3.05) is 5.73 Å². The Bertz CT molecular complexity index is 425. The zero-order valence-electron chi connectivity index (χ0n) is 10.1. The third-order valence-electron chi connectivity index (χ3n) is 2.51. The second-order valence-electron chi connectivity index (χ2n) is 4.45. The average molecular weight is 217 g/mol. The molecule has 0 aliphatic carbocycles. The first-order valence-corrected chi connectivity index (χ1v) is 5.28. The number of aryl methyl sites for hydroxylation is 1. The van der Waals surface area contributed by atoms with E-state index in [4.69, 9.17) is 5.73 Å². The molecule has 1 aromatic carbocycles. The molecule has 0 saturated carbocycles. The van der Waals surface area contributed by atoms with Crippen molar-refractivity contribution in [2.24, 2.45) is 0 Å². The lowest BCUT2D eigenvalue weighted by Gasteiger charge is -2.21. The molecule has 0 aromatic heterocycles. The highest BCUT2D eigenvalue weighted by Gasteiger charge is 2.19. The van der Waals surface area contributed by atoms with E-state index in [0.29, 0.717) is 5.69 Å². The highest BCUT2D eigenvalue weighted by molar-refractivity contribution is 5.63. The molecule has 3 N–H and O–H groups in total. The quantitative estimate of drug-likeness (QED) is 0.604. The minimum Gasteiger partial charge on any atom is -0.398 e. The van der Waals surface area contributed by atoms with E-state index in [0.717, 1.165) is 16.7 Å². The van der Waals surface area contributed by atoms with Gasteiger partial charge in [-0.1, -0.05) is 24.8 Å². The molecule has 2 nitrogen and oxygen atoms in total. The number of allylic oxidation sites excluding steroid dienone is 2. The van der Waals surface area contributed by atoms with Crippen LogP contribution in [0.4, 0.5) is 5.69 Å². The van der Waals surface area contributed by atoms with Gasteiger partial charge in [0.2, 0.25) is 0 Å². The number of benzene rings is 1. The smallest absolute Gasteiger partial charge is 0.0860 e. The summed E-state index contributed by atoms with van der Waals surface area (Å²) in [6, 6.07) is 3.81. The van der Waals surface area contributed by atoms with Crippen LogP contribution in [0.25, 0.3) is 6.08 Å². The Hall–Kier alpha value is -1.54. The topological polar surface area (TPSA) is 46.2 Å². The van der Waals surface area contributed by atoms with E-state index < -0.39 is 5.60 Å². The molecular formula is C14H19NO. The number of hydrogen-bond donors (Lipinski definition) is 2. The van der Waals surface area contributed by atoms with Gasteiger partial charge in [0.15, 0.2) is 0 Å². The maximum Gasteiger partial charge on any atom is 0.0860 e. The normalized spacial score (nSPS) is 12.0. The second-order valence-corrected chi connectivity index (χ2v) is 4.45. The standard InChI is InChI=1S/C14H19NO/c1-5-6-7-11-9-12(14(3,4)16)13(15)8-10(11)2/h5-9,16H,1,15H2,2-4H3/b7-6-. The van der Waals surface area contributed by atoms with E-state index in [1.54, 1.807) is 19.9 Å². The molecule has 0 amide bonds. The maximum absolute atomic E-state index is 9.99. The fourth-order valence-corrected chi connectivity index (χ4v) is 1.63. The molecule has 0 heterocycles. The van der Waals surface area contributed by atoms with Crippen LogP contribution in [0.3, 0.4) is 0 Å². The summed E-state index contributed by atoms with van der Waals surface area (Å²) in [6.07, 6.45) is 5.54. The molecule has 16 heavy (non-hydrogen) atoms. The molecule has 0 aliphatic rings. The third-order valence-corrected chi connectivity index (χ3v) is 2.51. The molecule has 0 spiro atoms. The number of rotatable bonds is 3. The van der Waals surface area contributed by atoms with Crippen LogP contribution in [0.5, 0.6) is 0 Å². The Morgan fingerprint density at radius 3 is 2.50 bits per heavy atom. The Labute approximate surface area is 97.1 Å². The molecule has 0 atom stereocenters. The van der Waals surface area contributed by atoms with Crippen molar-refractivity contribution in [3.8, 4) is 0 Å². The Morgan fingerprint density at radius 2 is 2.00 bits per heavy atom. The molecular weight excluding hydrogens is 198 g/mol. The van der Waals surface area contributed by atoms with E-state index >= 15 is 0 Å². The minimum atomic E-state index is -0.922. The predicted octanol–water partition coefficient (Wildman–Crippen LogP) is 3.00. The first-order valence-electron chi connectivity index (χ1n) is 5.28. The summed E-state index contributed by atoms with van der Waals surface area (Å²) in [5.41, 5.74) is 8.49. The summed E-state index contributed by atoms with van der Waals surface area (Å²) in [6.45, 7) is 9.09. The van der Waals surface area contributed by atoms with Crippen LogP contribution >= 0.6 is 0 Å². The van der Waals surface area contributed by atoms with E-state index in [1.807, 2.05) is 31.2 Å². The summed E-state index contributed by atoms with van der Waals surface area (Å²) < 4.78 is 0. The van der Waals surface area contributed by atoms with Crippen LogP contribution in [-0.4, -0.2) is 5.11 Å². The number of hydrogen-bond acceptors (Lipinski definition) is 2. The molecule has 0 aliphatic heterocycles. The zero-order valence-corrected chi connectivity index (χ0v) is 10.1. The van der Waals surface area contributed by atoms with Gasteiger partial charge < -0.3 is 10.8 Å². The average Bonchev–Trinajstić information content (AvgIpc) is 2.14. The molecule has 0 bridgehead atoms. The predicted molar refractivity (Wildman–Crippen MR) is 70.1 cm³/mol. The largest absolute Gasteiger partial charge is 0.398 e. The molecule has 0 saturated heterocycles. The number of nitrogens with two attached hydrogens (primary N) is 1. The number of nitrogen functional groups attached to an aromatic ring is 1. The summed E-state index contributed by atoms with van der Waals surface area (Å²) in [5.74, 6) is 0. The van der Waals surface area contributed by atoms with E-state index in [2.05, 4.69) is 6.58 Å². The van der Waals surface area contributed by atoms with Gasteiger partial charge in [-0.3, -0.25) is 0 Å². The van der Waals surface area contributed by atoms with Gasteiger partial charge >= 0.3 is 0 Å². The fourth-order valence-electron chi connectivity index (χ4n) is 1.63. The summed E-state index contributed by atoms with van der Waals surface area (Å²) in [4.78, 5) is 0. The van der Waals surface area contributed by atoms with Crippen LogP contribution in [-0.2, 0) is 5.60 Å². The Morgan fingerprint density at radius 1 is 1.38 bits per heavy atom. The Kier molecular flexibility index (Phi) is 3.55. The van der Waals surface area contributed by atoms with Gasteiger partial charge in [-0.2, -0.15) is 0 Å². The molecule has 86 valence electrons. The van der Waals surface area contributed by atoms with Crippen molar-refractivity contribution in [1.82, 2.24) is 0 Å². The van der Waals surface area contributed by atoms with E-state index in [9.17, 15) is 5.11 Å². The van der Waals surface area contributed by atoms with Crippen molar-refractivity contribution in [3.63, 3.8) is 0 Å². The highest BCUT2D eigenvalue weighted by Crippen LogP contribution is 2.29. The van der Waals surface area contributed by atoms with Crippen molar-refractivity contribution in [2.45, 2.75) is 26.4 Å². The first kappa shape index (κ1) is 12.5. The van der Waals surface area contributed by atoms with Gasteiger partial charge in [-0.25, -0.2) is 0 Å². The van der Waals surface area contributed by atoms with Gasteiger partial charge in [0, 0.05) is 11.3 Å². The van der Waals surface area contributed by atoms with Crippen molar-refractivity contribution in [1.29, 1.82) is 0 Å². The first-order chi connectivity index (χ1) is 7.36. The fraction of sp³-hybridized carbons (Fsp3) is 0.286. The monoisotopic (exact) mass is 217 g/mol. The molecule has 0 radical (unpaired) electrons. The van der Waals surface area contributed by atoms with Crippen molar-refractivity contribution >= 4 is 11.8 Å². The third kappa shape index (κ3) is 2.74. The molecule has 0 fully saturated rings. The van der Waals surface area contributed by atoms with Gasteiger partial charge in [-0.05, 0) is 44.0 Å². The molecule has 1 aromatic rings. The lowest BCUT2D eigenvalue weighted by molar-refractivity contribution is 0.0794. The van der Waals surface area contributed by atoms with Crippen molar-refractivity contribution < 1.29 is 5.11 Å². The Balaban J connectivity index is 3.32. The second kappa shape index (κ2) is 4.54. The van der Waals surface area contributed by atoms with Crippen LogP contribution in [0.2, 0.25) is 0 Å². The number of aliphatic hydroxyl groups is 1.